The van der Waals surface area contributed by atoms with Crippen molar-refractivity contribution in [2.24, 2.45) is 5.41 Å². The number of hydrogen-bond donors (Lipinski definition) is 2. The lowest BCUT2D eigenvalue weighted by atomic mass is 9.72. The predicted molar refractivity (Wildman–Crippen MR) is 114 cm³/mol. The van der Waals surface area contributed by atoms with Crippen molar-refractivity contribution in [1.29, 1.82) is 0 Å². The van der Waals surface area contributed by atoms with Crippen LogP contribution in [0.4, 0.5) is 5.69 Å². The molecule has 0 atom stereocenters. The molecule has 1 aromatic carbocycles. The maximum Gasteiger partial charge on any atom is 0.248 e. The number of phenolic OH excluding ortho intramolecular Hbond substituents is 1. The Labute approximate surface area is 166 Å². The summed E-state index contributed by atoms with van der Waals surface area (Å²) in [5.74, 6) is 0.145. The third-order valence-corrected chi connectivity index (χ3v) is 4.73. The molecule has 0 heterocycles. The molecule has 0 bridgehead atoms. The molecule has 146 valence electrons. The highest BCUT2D eigenvalue weighted by molar-refractivity contribution is 5.99. The number of carbonyl (C=O) groups is 2. The van der Waals surface area contributed by atoms with E-state index in [0.717, 1.165) is 17.6 Å². The lowest BCUT2D eigenvalue weighted by Gasteiger charge is -2.31. The van der Waals surface area contributed by atoms with Gasteiger partial charge in [-0.15, -0.1) is 0 Å². The van der Waals surface area contributed by atoms with Gasteiger partial charge in [-0.1, -0.05) is 56.4 Å². The minimum atomic E-state index is -0.245. The molecule has 1 aliphatic carbocycles. The molecule has 0 radical (unpaired) electrons. The highest BCUT2D eigenvalue weighted by Crippen LogP contribution is 2.39. The fraction of sp³-hybridized carbons (Fsp3) is 0.250. The zero-order chi connectivity index (χ0) is 20.6. The SMILES string of the molecule is CC1=C(C=CC=CC=CC=CC(=O)Nc2ccc(O)cc2)C(C)(C)CCC1=O. The molecule has 28 heavy (non-hydrogen) atoms. The minimum absolute atomic E-state index is 0.0196. The molecule has 2 rings (SSSR count). The van der Waals surface area contributed by atoms with Gasteiger partial charge in [0.25, 0.3) is 0 Å². The van der Waals surface area contributed by atoms with Crippen LogP contribution in [0.25, 0.3) is 0 Å². The number of aromatic hydroxyl groups is 1. The molecule has 0 saturated carbocycles. The number of benzene rings is 1. The van der Waals surface area contributed by atoms with Gasteiger partial charge < -0.3 is 10.4 Å². The second kappa shape index (κ2) is 9.70. The van der Waals surface area contributed by atoms with Crippen LogP contribution in [-0.4, -0.2) is 16.8 Å². The van der Waals surface area contributed by atoms with Crippen molar-refractivity contribution < 1.29 is 14.7 Å². The van der Waals surface area contributed by atoms with Crippen LogP contribution in [0.5, 0.6) is 5.75 Å². The van der Waals surface area contributed by atoms with Gasteiger partial charge in [0.2, 0.25) is 5.91 Å². The second-order valence-corrected chi connectivity index (χ2v) is 7.37. The quantitative estimate of drug-likeness (QED) is 0.404. The van der Waals surface area contributed by atoms with Gasteiger partial charge in [0.1, 0.15) is 5.75 Å². The van der Waals surface area contributed by atoms with Crippen molar-refractivity contribution in [1.82, 2.24) is 0 Å². The Kier molecular flexibility index (Phi) is 7.33. The van der Waals surface area contributed by atoms with Gasteiger partial charge in [-0.25, -0.2) is 0 Å². The number of Topliss-reactive ketones (excluding diaryl/α,β-unsaturated/α-hetero) is 1. The van der Waals surface area contributed by atoms with E-state index in [-0.39, 0.29) is 22.9 Å². The minimum Gasteiger partial charge on any atom is -0.508 e. The van der Waals surface area contributed by atoms with E-state index < -0.39 is 0 Å². The van der Waals surface area contributed by atoms with Crippen LogP contribution in [0.2, 0.25) is 0 Å². The lowest BCUT2D eigenvalue weighted by Crippen LogP contribution is -2.24. The summed E-state index contributed by atoms with van der Waals surface area (Å²) in [5, 5.41) is 11.9. The Morgan fingerprint density at radius 1 is 1.04 bits per heavy atom. The average molecular weight is 377 g/mol. The van der Waals surface area contributed by atoms with E-state index in [4.69, 9.17) is 0 Å². The number of hydrogen-bond acceptors (Lipinski definition) is 3. The van der Waals surface area contributed by atoms with Gasteiger partial charge in [-0.3, -0.25) is 9.59 Å². The summed E-state index contributed by atoms with van der Waals surface area (Å²) in [6, 6.07) is 6.29. The van der Waals surface area contributed by atoms with Crippen LogP contribution in [0.15, 0.2) is 84.0 Å². The smallest absolute Gasteiger partial charge is 0.248 e. The van der Waals surface area contributed by atoms with Crippen LogP contribution >= 0.6 is 0 Å². The first kappa shape index (κ1) is 21.2. The average Bonchev–Trinajstić information content (AvgIpc) is 2.65. The number of amides is 1. The van der Waals surface area contributed by atoms with E-state index in [1.165, 1.54) is 18.2 Å². The lowest BCUT2D eigenvalue weighted by molar-refractivity contribution is -0.116. The zero-order valence-corrected chi connectivity index (χ0v) is 16.6. The predicted octanol–water partition coefficient (Wildman–Crippen LogP) is 5.26. The van der Waals surface area contributed by atoms with Gasteiger partial charge in [0.05, 0.1) is 0 Å². The van der Waals surface area contributed by atoms with Crippen molar-refractivity contribution in [2.45, 2.75) is 33.6 Å². The molecule has 4 heteroatoms. The number of rotatable bonds is 6. The maximum atomic E-state index is 11.9. The monoisotopic (exact) mass is 377 g/mol. The molecular weight excluding hydrogens is 350 g/mol. The van der Waals surface area contributed by atoms with Crippen LogP contribution in [-0.2, 0) is 9.59 Å². The normalized spacial score (nSPS) is 17.5. The Morgan fingerprint density at radius 3 is 2.32 bits per heavy atom. The molecule has 1 amide bonds. The molecular formula is C24H27NO3. The van der Waals surface area contributed by atoms with Gasteiger partial charge in [0.15, 0.2) is 5.78 Å². The highest BCUT2D eigenvalue weighted by atomic mass is 16.3. The van der Waals surface area contributed by atoms with E-state index in [1.807, 2.05) is 37.3 Å². The third kappa shape index (κ3) is 6.23. The molecule has 0 fully saturated rings. The highest BCUT2D eigenvalue weighted by Gasteiger charge is 2.30. The summed E-state index contributed by atoms with van der Waals surface area (Å²) in [6.45, 7) is 6.24. The summed E-state index contributed by atoms with van der Waals surface area (Å²) < 4.78 is 0. The van der Waals surface area contributed by atoms with Crippen molar-refractivity contribution >= 4 is 17.4 Å². The van der Waals surface area contributed by atoms with Crippen molar-refractivity contribution in [3.05, 3.63) is 84.0 Å². The van der Waals surface area contributed by atoms with Crippen LogP contribution < -0.4 is 5.32 Å². The summed E-state index contributed by atoms with van der Waals surface area (Å²) in [6.07, 6.45) is 15.9. The molecule has 4 nitrogen and oxygen atoms in total. The number of anilines is 1. The summed E-state index contributed by atoms with van der Waals surface area (Å²) in [4.78, 5) is 23.7. The molecule has 0 unspecified atom stereocenters. The topological polar surface area (TPSA) is 66.4 Å². The van der Waals surface area contributed by atoms with Gasteiger partial charge in [-0.2, -0.15) is 0 Å². The maximum absolute atomic E-state index is 11.9. The Hall–Kier alpha value is -3.14. The summed E-state index contributed by atoms with van der Waals surface area (Å²) in [7, 11) is 0. The fourth-order valence-electron chi connectivity index (χ4n) is 3.04. The summed E-state index contributed by atoms with van der Waals surface area (Å²) in [5.41, 5.74) is 2.60. The zero-order valence-electron chi connectivity index (χ0n) is 16.6. The number of allylic oxidation sites excluding steroid dienone is 9. The fourth-order valence-corrected chi connectivity index (χ4v) is 3.04. The standard InChI is InChI=1S/C24H27NO3/c1-18-21(24(2,3)17-16-22(18)27)10-8-6-4-5-7-9-11-23(28)25-19-12-14-20(26)15-13-19/h4-15,26H,16-17H2,1-3H3,(H,25,28). The number of carbonyl (C=O) groups excluding carboxylic acids is 2. The van der Waals surface area contributed by atoms with Gasteiger partial charge >= 0.3 is 0 Å². The molecule has 0 aliphatic heterocycles. The first-order chi connectivity index (χ1) is 13.3. The van der Waals surface area contributed by atoms with E-state index in [0.29, 0.717) is 12.1 Å². The molecule has 0 aromatic heterocycles. The van der Waals surface area contributed by atoms with Crippen LogP contribution in [0, 0.1) is 5.41 Å². The first-order valence-electron chi connectivity index (χ1n) is 9.32. The van der Waals surface area contributed by atoms with E-state index in [1.54, 1.807) is 24.3 Å². The molecule has 0 spiro atoms. The third-order valence-electron chi connectivity index (χ3n) is 4.73. The van der Waals surface area contributed by atoms with Gasteiger partial charge in [0, 0.05) is 18.2 Å². The van der Waals surface area contributed by atoms with Crippen LogP contribution in [0.1, 0.15) is 33.6 Å². The first-order valence-corrected chi connectivity index (χ1v) is 9.32. The van der Waals surface area contributed by atoms with E-state index in [2.05, 4.69) is 19.2 Å². The molecule has 0 saturated heterocycles. The van der Waals surface area contributed by atoms with E-state index in [9.17, 15) is 14.7 Å². The Morgan fingerprint density at radius 2 is 1.64 bits per heavy atom. The van der Waals surface area contributed by atoms with Gasteiger partial charge in [-0.05, 0) is 54.2 Å². The van der Waals surface area contributed by atoms with Crippen molar-refractivity contribution in [3.8, 4) is 5.75 Å². The Balaban J connectivity index is 1.84. The van der Waals surface area contributed by atoms with Crippen molar-refractivity contribution in [2.75, 3.05) is 5.32 Å². The largest absolute Gasteiger partial charge is 0.508 e. The van der Waals surface area contributed by atoms with Crippen molar-refractivity contribution in [3.63, 3.8) is 0 Å². The number of phenols is 1. The number of ketones is 1. The second-order valence-electron chi connectivity index (χ2n) is 7.37. The van der Waals surface area contributed by atoms with Crippen LogP contribution in [0.3, 0.4) is 0 Å². The Bertz CT molecular complexity index is 866. The molecule has 1 aromatic rings. The summed E-state index contributed by atoms with van der Waals surface area (Å²) >= 11 is 0. The van der Waals surface area contributed by atoms with E-state index >= 15 is 0 Å². The molecule has 1 aliphatic rings. The molecule has 2 N–H and O–H groups in total. The number of nitrogens with one attached hydrogen (secondary N) is 1.